The molecule has 6 nitrogen and oxygen atoms in total. The van der Waals surface area contributed by atoms with Crippen LogP contribution in [0, 0.1) is 5.82 Å². The summed E-state index contributed by atoms with van der Waals surface area (Å²) in [5.74, 6) is 0.996. The van der Waals surface area contributed by atoms with Crippen LogP contribution < -0.4 is 0 Å². The van der Waals surface area contributed by atoms with Gasteiger partial charge in [0.1, 0.15) is 17.6 Å². The Kier molecular flexibility index (Phi) is 5.47. The molecule has 1 atom stereocenters. The number of hydrogen-bond acceptors (Lipinski definition) is 5. The summed E-state index contributed by atoms with van der Waals surface area (Å²) in [6.07, 6.45) is 4.59. The molecule has 0 N–H and O–H groups in total. The van der Waals surface area contributed by atoms with E-state index in [0.29, 0.717) is 30.2 Å². The molecule has 4 rings (SSSR count). The quantitative estimate of drug-likeness (QED) is 0.613. The summed E-state index contributed by atoms with van der Waals surface area (Å²) in [4.78, 5) is 19.2. The molecule has 0 spiro atoms. The molecular weight excluding hydrogens is 373 g/mol. The lowest BCUT2D eigenvalue weighted by atomic mass is 10.0. The van der Waals surface area contributed by atoms with Crippen LogP contribution in [0.4, 0.5) is 4.39 Å². The Labute approximate surface area is 168 Å². The number of benzene rings is 1. The van der Waals surface area contributed by atoms with Gasteiger partial charge in [-0.3, -0.25) is 4.79 Å². The Hall–Kier alpha value is -2.96. The minimum absolute atomic E-state index is 0.185. The normalized spacial score (nSPS) is 17.1. The second kappa shape index (κ2) is 8.19. The van der Waals surface area contributed by atoms with E-state index in [-0.39, 0.29) is 29.4 Å². The molecule has 0 radical (unpaired) electrons. The molecule has 1 amide bonds. The van der Waals surface area contributed by atoms with Crippen LogP contribution in [0.3, 0.4) is 0 Å². The van der Waals surface area contributed by atoms with Crippen molar-refractivity contribution in [3.05, 3.63) is 71.0 Å². The number of hydrogen-bond donors (Lipinski definition) is 0. The summed E-state index contributed by atoms with van der Waals surface area (Å²) in [7, 11) is 0. The average molecular weight is 397 g/mol. The zero-order valence-electron chi connectivity index (χ0n) is 16.6. The lowest BCUT2D eigenvalue weighted by Crippen LogP contribution is -2.38. The summed E-state index contributed by atoms with van der Waals surface area (Å²) < 4.78 is 25.1. The van der Waals surface area contributed by atoms with Crippen molar-refractivity contribution in [2.45, 2.75) is 51.5 Å². The zero-order valence-corrected chi connectivity index (χ0v) is 16.6. The van der Waals surface area contributed by atoms with Crippen LogP contribution in [0.1, 0.15) is 78.5 Å². The number of carbonyl (C=O) groups excluding carboxylic acids is 1. The van der Waals surface area contributed by atoms with Crippen molar-refractivity contribution in [1.29, 1.82) is 0 Å². The van der Waals surface area contributed by atoms with Crippen LogP contribution in [0.2, 0.25) is 0 Å². The second-order valence-corrected chi connectivity index (χ2v) is 7.71. The van der Waals surface area contributed by atoms with E-state index in [9.17, 15) is 9.18 Å². The van der Waals surface area contributed by atoms with Gasteiger partial charge in [0.2, 0.25) is 11.7 Å². The van der Waals surface area contributed by atoms with Crippen molar-refractivity contribution in [3.8, 4) is 0 Å². The number of likely N-dealkylation sites (tertiary alicyclic amines) is 1. The van der Waals surface area contributed by atoms with Crippen molar-refractivity contribution in [2.24, 2.45) is 0 Å². The smallest absolute Gasteiger partial charge is 0.293 e. The third kappa shape index (κ3) is 4.09. The first-order valence-corrected chi connectivity index (χ1v) is 9.98. The fraction of sp³-hybridized carbons (Fsp3) is 0.409. The Morgan fingerprint density at radius 3 is 2.90 bits per heavy atom. The topological polar surface area (TPSA) is 72.4 Å². The molecule has 152 valence electrons. The van der Waals surface area contributed by atoms with Gasteiger partial charge in [0, 0.05) is 19.0 Å². The molecular formula is C22H24FN3O3. The number of halogens is 1. The van der Waals surface area contributed by atoms with E-state index >= 15 is 0 Å². The minimum Gasteiger partial charge on any atom is -0.443 e. The molecule has 7 heteroatoms. The molecule has 1 aliphatic rings. The van der Waals surface area contributed by atoms with E-state index in [0.717, 1.165) is 25.0 Å². The molecule has 3 aromatic rings. The molecule has 1 aromatic carbocycles. The first-order chi connectivity index (χ1) is 14.0. The van der Waals surface area contributed by atoms with Gasteiger partial charge in [0.15, 0.2) is 0 Å². The highest BCUT2D eigenvalue weighted by atomic mass is 19.1. The highest BCUT2D eigenvalue weighted by Gasteiger charge is 2.34. The fourth-order valence-corrected chi connectivity index (χ4v) is 3.62. The van der Waals surface area contributed by atoms with Crippen LogP contribution in [-0.4, -0.2) is 27.5 Å². The highest BCUT2D eigenvalue weighted by molar-refractivity contribution is 5.91. The predicted octanol–water partition coefficient (Wildman–Crippen LogP) is 4.88. The molecule has 2 aromatic heterocycles. The van der Waals surface area contributed by atoms with Crippen LogP contribution in [0.5, 0.6) is 0 Å². The van der Waals surface area contributed by atoms with Crippen LogP contribution in [-0.2, 0) is 6.42 Å². The number of oxazole rings is 1. The maximum Gasteiger partial charge on any atom is 0.293 e. The van der Waals surface area contributed by atoms with Crippen LogP contribution in [0.15, 0.2) is 45.5 Å². The number of carbonyl (C=O) groups is 1. The second-order valence-electron chi connectivity index (χ2n) is 7.71. The van der Waals surface area contributed by atoms with Gasteiger partial charge in [-0.15, -0.1) is 0 Å². The molecule has 3 heterocycles. The molecule has 1 fully saturated rings. The lowest BCUT2D eigenvalue weighted by molar-refractivity contribution is 0.0528. The van der Waals surface area contributed by atoms with Crippen molar-refractivity contribution >= 4 is 5.91 Å². The molecule has 0 aliphatic carbocycles. The van der Waals surface area contributed by atoms with E-state index in [1.165, 1.54) is 6.07 Å². The summed E-state index contributed by atoms with van der Waals surface area (Å²) in [5.41, 5.74) is 1.31. The van der Waals surface area contributed by atoms with Gasteiger partial charge in [0.05, 0.1) is 11.9 Å². The Morgan fingerprint density at radius 1 is 1.31 bits per heavy atom. The van der Waals surface area contributed by atoms with Gasteiger partial charge < -0.3 is 13.8 Å². The lowest BCUT2D eigenvalue weighted by Gasteiger charge is -2.32. The monoisotopic (exact) mass is 397 g/mol. The van der Waals surface area contributed by atoms with Gasteiger partial charge in [0.25, 0.3) is 5.91 Å². The molecule has 29 heavy (non-hydrogen) atoms. The first kappa shape index (κ1) is 19.4. The SMILES string of the molecule is CC(C)c1cc(C(=O)N2CCCC[C@@H]2c2ncc(Cc3ccccc3F)o2)on1. The number of aromatic nitrogens is 2. The number of rotatable bonds is 5. The minimum atomic E-state index is -0.272. The maximum absolute atomic E-state index is 13.9. The summed E-state index contributed by atoms with van der Waals surface area (Å²) in [5, 5.41) is 3.99. The van der Waals surface area contributed by atoms with Gasteiger partial charge in [-0.05, 0) is 36.8 Å². The summed E-state index contributed by atoms with van der Waals surface area (Å²) in [6.45, 7) is 4.60. The van der Waals surface area contributed by atoms with Crippen molar-refractivity contribution in [3.63, 3.8) is 0 Å². The standard InChI is InChI=1S/C22H24FN3O3/c1-14(2)18-12-20(29-25-18)22(27)26-10-6-5-9-19(26)21-24-13-16(28-21)11-15-7-3-4-8-17(15)23/h3-4,7-8,12-14,19H,5-6,9-11H2,1-2H3/t19-/m1/s1. The molecule has 1 aliphatic heterocycles. The van der Waals surface area contributed by atoms with E-state index in [1.54, 1.807) is 35.4 Å². The van der Waals surface area contributed by atoms with Gasteiger partial charge in [-0.2, -0.15) is 0 Å². The Balaban J connectivity index is 1.54. The van der Waals surface area contributed by atoms with Crippen molar-refractivity contribution in [1.82, 2.24) is 15.0 Å². The third-order valence-electron chi connectivity index (χ3n) is 5.27. The molecule has 0 unspecified atom stereocenters. The van der Waals surface area contributed by atoms with Crippen molar-refractivity contribution < 1.29 is 18.1 Å². The number of nitrogens with zero attached hydrogens (tertiary/aromatic N) is 3. The van der Waals surface area contributed by atoms with Gasteiger partial charge >= 0.3 is 0 Å². The zero-order chi connectivity index (χ0) is 20.4. The Bertz CT molecular complexity index is 995. The Morgan fingerprint density at radius 2 is 2.14 bits per heavy atom. The van der Waals surface area contributed by atoms with Gasteiger partial charge in [-0.25, -0.2) is 9.37 Å². The first-order valence-electron chi connectivity index (χ1n) is 9.98. The molecule has 0 saturated carbocycles. The predicted molar refractivity (Wildman–Crippen MR) is 104 cm³/mol. The molecule has 0 bridgehead atoms. The number of amides is 1. The third-order valence-corrected chi connectivity index (χ3v) is 5.27. The fourth-order valence-electron chi connectivity index (χ4n) is 3.62. The van der Waals surface area contributed by atoms with Crippen LogP contribution >= 0.6 is 0 Å². The average Bonchev–Trinajstić information content (AvgIpc) is 3.39. The van der Waals surface area contributed by atoms with E-state index in [1.807, 2.05) is 13.8 Å². The largest absolute Gasteiger partial charge is 0.443 e. The van der Waals surface area contributed by atoms with E-state index in [4.69, 9.17) is 8.94 Å². The molecule has 1 saturated heterocycles. The number of piperidine rings is 1. The highest BCUT2D eigenvalue weighted by Crippen LogP contribution is 2.32. The van der Waals surface area contributed by atoms with E-state index < -0.39 is 0 Å². The van der Waals surface area contributed by atoms with Crippen LogP contribution in [0.25, 0.3) is 0 Å². The van der Waals surface area contributed by atoms with Gasteiger partial charge in [-0.1, -0.05) is 37.2 Å². The summed E-state index contributed by atoms with van der Waals surface area (Å²) in [6, 6.07) is 8.04. The maximum atomic E-state index is 13.9. The van der Waals surface area contributed by atoms with E-state index in [2.05, 4.69) is 10.1 Å². The van der Waals surface area contributed by atoms with Crippen molar-refractivity contribution in [2.75, 3.05) is 6.54 Å². The summed E-state index contributed by atoms with van der Waals surface area (Å²) >= 11 is 0.